The van der Waals surface area contributed by atoms with Gasteiger partial charge in [0, 0.05) is 70.9 Å². The van der Waals surface area contributed by atoms with E-state index in [0.717, 1.165) is 63.8 Å². The number of para-hydroxylation sites is 1. The third-order valence-corrected chi connectivity index (χ3v) is 6.87. The molecule has 1 atom stereocenters. The van der Waals surface area contributed by atoms with Crippen LogP contribution in [0.5, 0.6) is 0 Å². The molecule has 3 aliphatic rings. The molecule has 2 aliphatic heterocycles. The topological polar surface area (TPSA) is 80.3 Å². The first kappa shape index (κ1) is 22.6. The van der Waals surface area contributed by atoms with E-state index in [0.29, 0.717) is 18.9 Å². The Morgan fingerprint density at radius 2 is 1.81 bits per heavy atom. The van der Waals surface area contributed by atoms with Crippen molar-refractivity contribution >= 4 is 23.5 Å². The molecule has 4 rings (SSSR count). The van der Waals surface area contributed by atoms with E-state index in [4.69, 9.17) is 0 Å². The summed E-state index contributed by atoms with van der Waals surface area (Å²) in [7, 11) is 1.76. The standard InChI is InChI=1S/C24H36N6O2/c1-25-24(27-20-17-22(31)30(18-20)21-9-3-2-4-10-21)26-11-12-28-13-15-29(16-14-28)23(32)19-7-5-6-8-19/h2-4,9-10,19-20H,5-8,11-18H2,1H3,(H2,25,26,27). The van der Waals surface area contributed by atoms with Gasteiger partial charge in [-0.25, -0.2) is 0 Å². The summed E-state index contributed by atoms with van der Waals surface area (Å²) in [5, 5.41) is 6.77. The predicted molar refractivity (Wildman–Crippen MR) is 127 cm³/mol. The van der Waals surface area contributed by atoms with Crippen LogP contribution in [0.15, 0.2) is 35.3 Å². The number of hydrogen-bond acceptors (Lipinski definition) is 4. The maximum absolute atomic E-state index is 12.6. The second-order valence-electron chi connectivity index (χ2n) is 9.03. The normalized spacial score (nSPS) is 23.1. The highest BCUT2D eigenvalue weighted by atomic mass is 16.2. The average molecular weight is 441 g/mol. The summed E-state index contributed by atoms with van der Waals surface area (Å²) in [6.45, 7) is 5.85. The smallest absolute Gasteiger partial charge is 0.229 e. The Morgan fingerprint density at radius 3 is 2.50 bits per heavy atom. The van der Waals surface area contributed by atoms with Gasteiger partial charge in [0.15, 0.2) is 5.96 Å². The van der Waals surface area contributed by atoms with Gasteiger partial charge in [-0.3, -0.25) is 19.5 Å². The van der Waals surface area contributed by atoms with Crippen molar-refractivity contribution in [3.63, 3.8) is 0 Å². The third-order valence-electron chi connectivity index (χ3n) is 6.87. The number of guanidine groups is 1. The number of piperazine rings is 1. The fourth-order valence-corrected chi connectivity index (χ4v) is 5.00. The van der Waals surface area contributed by atoms with E-state index in [2.05, 4.69) is 25.4 Å². The largest absolute Gasteiger partial charge is 0.355 e. The zero-order valence-corrected chi connectivity index (χ0v) is 19.1. The van der Waals surface area contributed by atoms with Crippen LogP contribution in [0.1, 0.15) is 32.1 Å². The van der Waals surface area contributed by atoms with Crippen LogP contribution >= 0.6 is 0 Å². The quantitative estimate of drug-likeness (QED) is 0.515. The number of aliphatic imine (C=N–C) groups is 1. The molecule has 1 aromatic rings. The molecule has 174 valence electrons. The highest BCUT2D eigenvalue weighted by Gasteiger charge is 2.31. The van der Waals surface area contributed by atoms with Gasteiger partial charge >= 0.3 is 0 Å². The summed E-state index contributed by atoms with van der Waals surface area (Å²) in [6, 6.07) is 9.84. The molecule has 2 heterocycles. The molecule has 3 fully saturated rings. The molecule has 2 saturated heterocycles. The summed E-state index contributed by atoms with van der Waals surface area (Å²) in [4.78, 5) is 35.6. The van der Waals surface area contributed by atoms with Gasteiger partial charge in [0.1, 0.15) is 0 Å². The minimum Gasteiger partial charge on any atom is -0.355 e. The first-order valence-electron chi connectivity index (χ1n) is 12.0. The highest BCUT2D eigenvalue weighted by molar-refractivity contribution is 5.97. The Hall–Kier alpha value is -2.61. The van der Waals surface area contributed by atoms with Crippen LogP contribution in [-0.2, 0) is 9.59 Å². The Bertz CT molecular complexity index is 800. The Balaban J connectivity index is 1.16. The van der Waals surface area contributed by atoms with Crippen LogP contribution in [-0.4, -0.2) is 86.5 Å². The van der Waals surface area contributed by atoms with Gasteiger partial charge in [-0.15, -0.1) is 0 Å². The van der Waals surface area contributed by atoms with Crippen molar-refractivity contribution in [1.82, 2.24) is 20.4 Å². The van der Waals surface area contributed by atoms with Crippen molar-refractivity contribution < 1.29 is 9.59 Å². The van der Waals surface area contributed by atoms with Crippen molar-refractivity contribution in [2.75, 3.05) is 57.8 Å². The number of rotatable bonds is 6. The first-order valence-corrected chi connectivity index (χ1v) is 12.0. The van der Waals surface area contributed by atoms with Gasteiger partial charge < -0.3 is 20.4 Å². The second-order valence-corrected chi connectivity index (χ2v) is 9.03. The number of hydrogen-bond donors (Lipinski definition) is 2. The molecule has 8 nitrogen and oxygen atoms in total. The second kappa shape index (κ2) is 10.8. The maximum atomic E-state index is 12.6. The van der Waals surface area contributed by atoms with Crippen molar-refractivity contribution in [2.45, 2.75) is 38.1 Å². The van der Waals surface area contributed by atoms with E-state index in [1.54, 1.807) is 7.05 Å². The molecule has 0 aromatic heterocycles. The molecule has 0 bridgehead atoms. The first-order chi connectivity index (χ1) is 15.6. The Morgan fingerprint density at radius 1 is 1.09 bits per heavy atom. The van der Waals surface area contributed by atoms with Crippen molar-refractivity contribution in [2.24, 2.45) is 10.9 Å². The van der Waals surface area contributed by atoms with Crippen LogP contribution in [0.4, 0.5) is 5.69 Å². The third kappa shape index (κ3) is 5.59. The molecule has 1 saturated carbocycles. The zero-order chi connectivity index (χ0) is 22.3. The van der Waals surface area contributed by atoms with Gasteiger partial charge in [-0.1, -0.05) is 31.0 Å². The molecule has 32 heavy (non-hydrogen) atoms. The monoisotopic (exact) mass is 440 g/mol. The molecule has 1 aromatic carbocycles. The number of carbonyl (C=O) groups is 2. The lowest BCUT2D eigenvalue weighted by molar-refractivity contribution is -0.137. The van der Waals surface area contributed by atoms with E-state index < -0.39 is 0 Å². The van der Waals surface area contributed by atoms with Gasteiger partial charge in [-0.2, -0.15) is 0 Å². The van der Waals surface area contributed by atoms with Crippen LogP contribution < -0.4 is 15.5 Å². The summed E-state index contributed by atoms with van der Waals surface area (Å²) >= 11 is 0. The highest BCUT2D eigenvalue weighted by Crippen LogP contribution is 2.27. The Kier molecular flexibility index (Phi) is 7.63. The SMILES string of the molecule is CN=C(NCCN1CCN(C(=O)C2CCCC2)CC1)NC1CC(=O)N(c2ccccc2)C1. The molecule has 2 amide bonds. The van der Waals surface area contributed by atoms with E-state index in [9.17, 15) is 9.59 Å². The van der Waals surface area contributed by atoms with E-state index in [1.165, 1.54) is 12.8 Å². The fourth-order valence-electron chi connectivity index (χ4n) is 5.00. The number of benzene rings is 1. The van der Waals surface area contributed by atoms with E-state index in [-0.39, 0.29) is 17.9 Å². The average Bonchev–Trinajstić information content (AvgIpc) is 3.49. The number of anilines is 1. The summed E-state index contributed by atoms with van der Waals surface area (Å²) in [6.07, 6.45) is 5.02. The maximum Gasteiger partial charge on any atom is 0.229 e. The summed E-state index contributed by atoms with van der Waals surface area (Å²) in [5.74, 6) is 1.51. The fraction of sp³-hybridized carbons (Fsp3) is 0.625. The van der Waals surface area contributed by atoms with Crippen molar-refractivity contribution in [3.05, 3.63) is 30.3 Å². The van der Waals surface area contributed by atoms with Gasteiger partial charge in [-0.05, 0) is 25.0 Å². The zero-order valence-electron chi connectivity index (χ0n) is 19.1. The van der Waals surface area contributed by atoms with Gasteiger partial charge in [0.2, 0.25) is 11.8 Å². The van der Waals surface area contributed by atoms with Crippen LogP contribution in [0, 0.1) is 5.92 Å². The lowest BCUT2D eigenvalue weighted by atomic mass is 10.1. The molecular formula is C24H36N6O2. The summed E-state index contributed by atoms with van der Waals surface area (Å²) < 4.78 is 0. The molecule has 1 aliphatic carbocycles. The Labute approximate surface area is 191 Å². The number of nitrogens with zero attached hydrogens (tertiary/aromatic N) is 4. The lowest BCUT2D eigenvalue weighted by Gasteiger charge is -2.36. The minimum atomic E-state index is 0.0408. The lowest BCUT2D eigenvalue weighted by Crippen LogP contribution is -2.52. The molecule has 0 radical (unpaired) electrons. The van der Waals surface area contributed by atoms with Crippen LogP contribution in [0.2, 0.25) is 0 Å². The number of nitrogens with one attached hydrogen (secondary N) is 2. The van der Waals surface area contributed by atoms with Crippen molar-refractivity contribution in [1.29, 1.82) is 0 Å². The molecule has 8 heteroatoms. The van der Waals surface area contributed by atoms with E-state index in [1.807, 2.05) is 35.2 Å². The van der Waals surface area contributed by atoms with E-state index >= 15 is 0 Å². The molecule has 0 spiro atoms. The van der Waals surface area contributed by atoms with Crippen LogP contribution in [0.3, 0.4) is 0 Å². The van der Waals surface area contributed by atoms with Crippen molar-refractivity contribution in [3.8, 4) is 0 Å². The van der Waals surface area contributed by atoms with Crippen LogP contribution in [0.25, 0.3) is 0 Å². The summed E-state index contributed by atoms with van der Waals surface area (Å²) in [5.41, 5.74) is 0.940. The molecule has 2 N–H and O–H groups in total. The molecule has 1 unspecified atom stereocenters. The van der Waals surface area contributed by atoms with Gasteiger partial charge in [0.05, 0.1) is 6.04 Å². The number of carbonyl (C=O) groups excluding carboxylic acids is 2. The minimum absolute atomic E-state index is 0.0408. The number of amides is 2. The van der Waals surface area contributed by atoms with Gasteiger partial charge in [0.25, 0.3) is 0 Å². The predicted octanol–water partition coefficient (Wildman–Crippen LogP) is 1.29. The molecular weight excluding hydrogens is 404 g/mol.